The van der Waals surface area contributed by atoms with Crippen molar-refractivity contribution in [2.45, 2.75) is 0 Å². The smallest absolute Gasteiger partial charge is 0.257 e. The standard InChI is InChI=1S/C13H10Cl2N2O2/c1-19-9-4-2-8(3-5-9)17-13(18)10-6-12(15)16-7-11(10)14/h2-7H,1H3,(H,17,18). The summed E-state index contributed by atoms with van der Waals surface area (Å²) in [4.78, 5) is 15.8. The van der Waals surface area contributed by atoms with Gasteiger partial charge in [-0.1, -0.05) is 23.2 Å². The van der Waals surface area contributed by atoms with Gasteiger partial charge in [0.25, 0.3) is 5.91 Å². The number of rotatable bonds is 3. The predicted molar refractivity (Wildman–Crippen MR) is 75.2 cm³/mol. The molecule has 4 nitrogen and oxygen atoms in total. The minimum absolute atomic E-state index is 0.212. The molecular weight excluding hydrogens is 287 g/mol. The van der Waals surface area contributed by atoms with Gasteiger partial charge >= 0.3 is 0 Å². The van der Waals surface area contributed by atoms with Gasteiger partial charge in [0.1, 0.15) is 10.9 Å². The van der Waals surface area contributed by atoms with Crippen LogP contribution in [0.2, 0.25) is 10.2 Å². The van der Waals surface area contributed by atoms with Gasteiger partial charge in [0, 0.05) is 11.9 Å². The third kappa shape index (κ3) is 3.36. The van der Waals surface area contributed by atoms with Crippen molar-refractivity contribution in [3.63, 3.8) is 0 Å². The molecule has 1 aromatic carbocycles. The molecule has 0 aliphatic rings. The van der Waals surface area contributed by atoms with Crippen LogP contribution in [0.4, 0.5) is 5.69 Å². The van der Waals surface area contributed by atoms with Crippen molar-refractivity contribution >= 4 is 34.8 Å². The molecule has 2 aromatic rings. The molecule has 0 atom stereocenters. The normalized spacial score (nSPS) is 10.1. The third-order valence-electron chi connectivity index (χ3n) is 2.41. The summed E-state index contributed by atoms with van der Waals surface area (Å²) >= 11 is 11.6. The summed E-state index contributed by atoms with van der Waals surface area (Å²) in [5.74, 6) is 0.363. The van der Waals surface area contributed by atoms with Gasteiger partial charge in [-0.15, -0.1) is 0 Å². The summed E-state index contributed by atoms with van der Waals surface area (Å²) in [7, 11) is 1.58. The number of amides is 1. The molecule has 98 valence electrons. The summed E-state index contributed by atoms with van der Waals surface area (Å²) in [5, 5.41) is 3.17. The minimum Gasteiger partial charge on any atom is -0.497 e. The Morgan fingerprint density at radius 2 is 1.95 bits per heavy atom. The van der Waals surface area contributed by atoms with E-state index in [1.54, 1.807) is 31.4 Å². The molecule has 0 aliphatic carbocycles. The van der Waals surface area contributed by atoms with Crippen LogP contribution in [0, 0.1) is 0 Å². The van der Waals surface area contributed by atoms with E-state index in [0.29, 0.717) is 11.4 Å². The number of hydrogen-bond donors (Lipinski definition) is 1. The summed E-state index contributed by atoms with van der Waals surface area (Å²) in [6.07, 6.45) is 1.34. The molecule has 0 radical (unpaired) electrons. The number of pyridine rings is 1. The Morgan fingerprint density at radius 1 is 1.26 bits per heavy atom. The Kier molecular flexibility index (Phi) is 4.24. The number of ether oxygens (including phenoxy) is 1. The zero-order valence-corrected chi connectivity index (χ0v) is 11.5. The van der Waals surface area contributed by atoms with E-state index in [2.05, 4.69) is 10.3 Å². The second-order valence-corrected chi connectivity index (χ2v) is 4.46. The first kappa shape index (κ1) is 13.6. The molecule has 1 amide bonds. The quantitative estimate of drug-likeness (QED) is 0.880. The number of carbonyl (C=O) groups excluding carboxylic acids is 1. The van der Waals surface area contributed by atoms with Gasteiger partial charge in [-0.3, -0.25) is 4.79 Å². The molecule has 0 bridgehead atoms. The van der Waals surface area contributed by atoms with E-state index in [1.165, 1.54) is 12.3 Å². The van der Waals surface area contributed by atoms with Crippen molar-refractivity contribution in [3.05, 3.63) is 52.3 Å². The highest BCUT2D eigenvalue weighted by Gasteiger charge is 2.12. The van der Waals surface area contributed by atoms with Gasteiger partial charge in [0.15, 0.2) is 0 Å². The first-order valence-electron chi connectivity index (χ1n) is 5.36. The number of nitrogens with one attached hydrogen (secondary N) is 1. The molecule has 0 saturated heterocycles. The average Bonchev–Trinajstić information content (AvgIpc) is 2.42. The molecule has 0 spiro atoms. The number of hydrogen-bond acceptors (Lipinski definition) is 3. The molecular formula is C13H10Cl2N2O2. The number of carbonyl (C=O) groups is 1. The molecule has 2 rings (SSSR count). The Labute approximate surface area is 120 Å². The Balaban J connectivity index is 2.18. The van der Waals surface area contributed by atoms with Crippen LogP contribution in [0.25, 0.3) is 0 Å². The van der Waals surface area contributed by atoms with Gasteiger partial charge in [-0.05, 0) is 30.3 Å². The molecule has 0 aliphatic heterocycles. The lowest BCUT2D eigenvalue weighted by molar-refractivity contribution is 0.102. The fraction of sp³-hybridized carbons (Fsp3) is 0.0769. The SMILES string of the molecule is COc1ccc(NC(=O)c2cc(Cl)ncc2Cl)cc1. The van der Waals surface area contributed by atoms with Crippen LogP contribution in [0.1, 0.15) is 10.4 Å². The Morgan fingerprint density at radius 3 is 2.58 bits per heavy atom. The second-order valence-electron chi connectivity index (χ2n) is 3.67. The van der Waals surface area contributed by atoms with Gasteiger partial charge in [-0.25, -0.2) is 4.98 Å². The fourth-order valence-corrected chi connectivity index (χ4v) is 1.81. The molecule has 1 heterocycles. The minimum atomic E-state index is -0.348. The number of aromatic nitrogens is 1. The zero-order valence-electron chi connectivity index (χ0n) is 9.98. The number of nitrogens with zero attached hydrogens (tertiary/aromatic N) is 1. The van der Waals surface area contributed by atoms with Crippen LogP contribution >= 0.6 is 23.2 Å². The van der Waals surface area contributed by atoms with Crippen molar-refractivity contribution < 1.29 is 9.53 Å². The zero-order chi connectivity index (χ0) is 13.8. The van der Waals surface area contributed by atoms with Crippen molar-refractivity contribution in [2.24, 2.45) is 0 Å². The summed E-state index contributed by atoms with van der Waals surface area (Å²) in [6, 6.07) is 8.37. The van der Waals surface area contributed by atoms with Crippen LogP contribution in [0.15, 0.2) is 36.5 Å². The van der Waals surface area contributed by atoms with Crippen LogP contribution in [0.3, 0.4) is 0 Å². The largest absolute Gasteiger partial charge is 0.497 e. The van der Waals surface area contributed by atoms with Gasteiger partial charge in [0.05, 0.1) is 17.7 Å². The molecule has 1 N–H and O–H groups in total. The van der Waals surface area contributed by atoms with E-state index >= 15 is 0 Å². The highest BCUT2D eigenvalue weighted by Crippen LogP contribution is 2.20. The highest BCUT2D eigenvalue weighted by atomic mass is 35.5. The average molecular weight is 297 g/mol. The molecule has 0 fully saturated rings. The van der Waals surface area contributed by atoms with Crippen LogP contribution < -0.4 is 10.1 Å². The van der Waals surface area contributed by atoms with E-state index in [1.807, 2.05) is 0 Å². The third-order valence-corrected chi connectivity index (χ3v) is 2.92. The van der Waals surface area contributed by atoms with E-state index in [0.717, 1.165) is 0 Å². The monoisotopic (exact) mass is 296 g/mol. The molecule has 0 unspecified atom stereocenters. The Bertz CT molecular complexity index is 600. The van der Waals surface area contributed by atoms with E-state index in [9.17, 15) is 4.79 Å². The second kappa shape index (κ2) is 5.91. The Hall–Kier alpha value is -1.78. The maximum Gasteiger partial charge on any atom is 0.257 e. The van der Waals surface area contributed by atoms with Crippen molar-refractivity contribution in [1.82, 2.24) is 4.98 Å². The van der Waals surface area contributed by atoms with Crippen molar-refractivity contribution in [3.8, 4) is 5.75 Å². The number of halogens is 2. The van der Waals surface area contributed by atoms with E-state index in [4.69, 9.17) is 27.9 Å². The van der Waals surface area contributed by atoms with Gasteiger partial charge < -0.3 is 10.1 Å². The lowest BCUT2D eigenvalue weighted by Crippen LogP contribution is -2.12. The van der Waals surface area contributed by atoms with Crippen LogP contribution in [-0.2, 0) is 0 Å². The molecule has 19 heavy (non-hydrogen) atoms. The summed E-state index contributed by atoms with van der Waals surface area (Å²) in [5.41, 5.74) is 0.910. The highest BCUT2D eigenvalue weighted by molar-refractivity contribution is 6.35. The van der Waals surface area contributed by atoms with Crippen molar-refractivity contribution in [1.29, 1.82) is 0 Å². The van der Waals surface area contributed by atoms with Crippen LogP contribution in [0.5, 0.6) is 5.75 Å². The first-order chi connectivity index (χ1) is 9.10. The summed E-state index contributed by atoms with van der Waals surface area (Å²) in [6.45, 7) is 0. The first-order valence-corrected chi connectivity index (χ1v) is 6.12. The van der Waals surface area contributed by atoms with Crippen molar-refractivity contribution in [2.75, 3.05) is 12.4 Å². The van der Waals surface area contributed by atoms with Gasteiger partial charge in [-0.2, -0.15) is 0 Å². The number of benzene rings is 1. The molecule has 0 saturated carbocycles. The predicted octanol–water partition coefficient (Wildman–Crippen LogP) is 3.65. The molecule has 1 aromatic heterocycles. The fourth-order valence-electron chi connectivity index (χ4n) is 1.46. The maximum atomic E-state index is 12.0. The maximum absolute atomic E-state index is 12.0. The van der Waals surface area contributed by atoms with Gasteiger partial charge in [0.2, 0.25) is 0 Å². The number of methoxy groups -OCH3 is 1. The molecule has 6 heteroatoms. The number of anilines is 1. The van der Waals surface area contributed by atoms with Crippen LogP contribution in [-0.4, -0.2) is 18.0 Å². The van der Waals surface area contributed by atoms with E-state index < -0.39 is 0 Å². The summed E-state index contributed by atoms with van der Waals surface area (Å²) < 4.78 is 5.03. The topological polar surface area (TPSA) is 51.2 Å². The van der Waals surface area contributed by atoms with E-state index in [-0.39, 0.29) is 21.6 Å². The lowest BCUT2D eigenvalue weighted by atomic mass is 10.2. The lowest BCUT2D eigenvalue weighted by Gasteiger charge is -2.07.